The van der Waals surface area contributed by atoms with E-state index in [1.165, 1.54) is 34.2 Å². The molecule has 5 saturated carbocycles. The minimum Gasteiger partial charge on any atom is -0.508 e. The van der Waals surface area contributed by atoms with Crippen LogP contribution in [0.4, 0.5) is 0 Å². The predicted molar refractivity (Wildman–Crippen MR) is 307 cm³/mol. The summed E-state index contributed by atoms with van der Waals surface area (Å²) in [5.74, 6) is 8.49. The second kappa shape index (κ2) is 22.0. The molecule has 78 heavy (non-hydrogen) atoms. The number of phenols is 2. The van der Waals surface area contributed by atoms with E-state index in [0.717, 1.165) is 132 Å². The maximum Gasteiger partial charge on any atom is 0.189 e. The van der Waals surface area contributed by atoms with Crippen LogP contribution in [0.2, 0.25) is 0 Å². The number of ether oxygens (including phenoxy) is 2. The molecule has 10 nitrogen and oxygen atoms in total. The summed E-state index contributed by atoms with van der Waals surface area (Å²) in [7, 11) is 1.86. The monoisotopic (exact) mass is 1060 g/mol. The average molecular weight is 1060 g/mol. The van der Waals surface area contributed by atoms with Crippen molar-refractivity contribution in [1.82, 2.24) is 5.32 Å². The van der Waals surface area contributed by atoms with E-state index in [1.807, 2.05) is 19.3 Å². The standard InChI is InChI=1S/C68H85N3O7/c1-42-30-57-45-31-50(38-53(75)33-45)66(25-10-11-26-66)48-15-12-16-49(37-48)68(27-8-3-9-28-68)71-65(69)70-51-17-13-21-56-43(22-23-52(74)34-47(41-73)55-20-7-4-14-44(55)40-72)36-60(78-54-18-5-6-19-54)64(76)62(56)63-61-46(32-51)35-58(57)67(63,39-42)29-24-59(61)77-2/h4,12,14-16,31,33-38,42,44,46,51,54-55,57,59,61,63,72-73,75-76H,3,5-11,17-20,22-30,32,39-41H2,1-2H3,(H3,69,70,71). The van der Waals surface area contributed by atoms with Crippen LogP contribution in [-0.2, 0) is 26.9 Å². The summed E-state index contributed by atoms with van der Waals surface area (Å²) < 4.78 is 13.7. The number of fused-ring (bicyclic) bond motifs is 10. The van der Waals surface area contributed by atoms with Gasteiger partial charge in [-0.3, -0.25) is 4.79 Å². The van der Waals surface area contributed by atoms with Gasteiger partial charge in [0.15, 0.2) is 23.2 Å². The van der Waals surface area contributed by atoms with Gasteiger partial charge in [0.1, 0.15) is 5.75 Å². The Bertz CT molecular complexity index is 2940. The zero-order chi connectivity index (χ0) is 53.8. The Morgan fingerprint density at radius 3 is 2.49 bits per heavy atom. The van der Waals surface area contributed by atoms with Gasteiger partial charge in [0, 0.05) is 60.9 Å². The maximum atomic E-state index is 14.3. The summed E-state index contributed by atoms with van der Waals surface area (Å²) in [4.78, 5) is 19.9. The number of allylic oxidation sites excluding steroid dienone is 4. The Morgan fingerprint density at radius 2 is 1.71 bits per heavy atom. The number of ketones is 1. The van der Waals surface area contributed by atoms with Crippen molar-refractivity contribution in [2.24, 2.45) is 45.7 Å². The summed E-state index contributed by atoms with van der Waals surface area (Å²) in [6.45, 7) is 2.12. The first-order valence-electron chi connectivity index (χ1n) is 30.4. The van der Waals surface area contributed by atoms with Crippen molar-refractivity contribution >= 4 is 11.7 Å². The van der Waals surface area contributed by atoms with Crippen molar-refractivity contribution in [2.45, 2.75) is 196 Å². The van der Waals surface area contributed by atoms with Crippen molar-refractivity contribution < 1.29 is 34.7 Å². The fourth-order valence-electron chi connectivity index (χ4n) is 17.8. The third-order valence-electron chi connectivity index (χ3n) is 21.3. The van der Waals surface area contributed by atoms with E-state index >= 15 is 0 Å². The SMILES string of the molecule is COC1CCC23CC(C)CC4C2=CC2CC(CC#Cc5c(CCC(=O)C=C(CO)C6CCC=CC6CO)cc(OC6CCCC6)c(O)c5C3C21)N=C(N)NC1(CCCCC1)c1cccc(c1)C1(CCCC1)c1cc(O)cc4c1. The van der Waals surface area contributed by atoms with E-state index in [1.54, 1.807) is 6.08 Å². The number of carbonyl (C=O) groups excluding carboxylic acids is 1. The summed E-state index contributed by atoms with van der Waals surface area (Å²) in [5, 5.41) is 50.4. The van der Waals surface area contributed by atoms with Gasteiger partial charge < -0.3 is 41.0 Å². The minimum atomic E-state index is -0.401. The lowest BCUT2D eigenvalue weighted by atomic mass is 9.43. The molecule has 3 aromatic rings. The lowest BCUT2D eigenvalue weighted by Gasteiger charge is -2.62. The van der Waals surface area contributed by atoms with Gasteiger partial charge in [-0.2, -0.15) is 0 Å². The first-order valence-corrected chi connectivity index (χ1v) is 30.4. The summed E-state index contributed by atoms with van der Waals surface area (Å²) in [5.41, 5.74) is 15.7. The first-order chi connectivity index (χ1) is 37.9. The van der Waals surface area contributed by atoms with Crippen LogP contribution in [0.25, 0.3) is 0 Å². The zero-order valence-electron chi connectivity index (χ0n) is 46.4. The van der Waals surface area contributed by atoms with Crippen molar-refractivity contribution in [3.05, 3.63) is 123 Å². The van der Waals surface area contributed by atoms with Crippen LogP contribution < -0.4 is 15.8 Å². The van der Waals surface area contributed by atoms with Crippen LogP contribution in [0.5, 0.6) is 17.2 Å². The number of aromatic hydroxyl groups is 2. The Labute approximate surface area is 463 Å². The van der Waals surface area contributed by atoms with Crippen molar-refractivity contribution in [1.29, 1.82) is 0 Å². The van der Waals surface area contributed by atoms with Crippen LogP contribution >= 0.6 is 0 Å². The molecule has 0 aromatic heterocycles. The molecule has 10 bridgehead atoms. The highest BCUT2D eigenvalue weighted by Crippen LogP contribution is 2.70. The minimum absolute atomic E-state index is 0.0107. The van der Waals surface area contributed by atoms with Gasteiger partial charge in [0.05, 0.1) is 30.4 Å². The number of phenolic OH excluding ortho intramolecular Hbond substituents is 2. The first kappa shape index (κ1) is 53.3. The van der Waals surface area contributed by atoms with Gasteiger partial charge in [-0.25, -0.2) is 4.99 Å². The number of aliphatic imine (C=N–C) groups is 1. The maximum absolute atomic E-state index is 14.3. The van der Waals surface area contributed by atoms with Gasteiger partial charge in [-0.05, 0) is 189 Å². The molecule has 0 radical (unpaired) electrons. The molecule has 9 aliphatic rings. The molecule has 414 valence electrons. The van der Waals surface area contributed by atoms with Crippen LogP contribution in [0.15, 0.2) is 89.0 Å². The lowest BCUT2D eigenvalue weighted by molar-refractivity contribution is -0.114. The van der Waals surface area contributed by atoms with Gasteiger partial charge in [-0.1, -0.05) is 105 Å². The normalized spacial score (nSPS) is 31.8. The smallest absolute Gasteiger partial charge is 0.189 e. The van der Waals surface area contributed by atoms with E-state index in [0.29, 0.717) is 48.2 Å². The third kappa shape index (κ3) is 9.63. The third-order valence-corrected chi connectivity index (χ3v) is 21.3. The molecule has 10 unspecified atom stereocenters. The van der Waals surface area contributed by atoms with E-state index < -0.39 is 11.0 Å². The largest absolute Gasteiger partial charge is 0.508 e. The number of guanidine groups is 1. The number of aliphatic hydroxyl groups excluding tert-OH is 2. The highest BCUT2D eigenvalue weighted by molar-refractivity contribution is 5.90. The molecule has 10 atom stereocenters. The Morgan fingerprint density at radius 1 is 0.910 bits per heavy atom. The fourth-order valence-corrected chi connectivity index (χ4v) is 17.8. The number of methoxy groups -OCH3 is 1. The molecule has 8 aliphatic carbocycles. The summed E-state index contributed by atoms with van der Waals surface area (Å²) in [6.07, 6.45) is 28.6. The van der Waals surface area contributed by atoms with Crippen LogP contribution in [0.1, 0.15) is 199 Å². The molecule has 3 aromatic carbocycles. The number of benzene rings is 3. The lowest BCUT2D eigenvalue weighted by Crippen LogP contribution is -2.54. The summed E-state index contributed by atoms with van der Waals surface area (Å²) >= 11 is 0. The fraction of sp³-hybridized carbons (Fsp3) is 0.588. The highest BCUT2D eigenvalue weighted by Gasteiger charge is 2.61. The predicted octanol–water partition coefficient (Wildman–Crippen LogP) is 12.1. The molecule has 0 amide bonds. The highest BCUT2D eigenvalue weighted by atomic mass is 16.5. The molecule has 5 fully saturated rings. The van der Waals surface area contributed by atoms with Crippen LogP contribution in [-0.4, -0.2) is 70.7 Å². The quantitative estimate of drug-likeness (QED) is 0.0658. The number of hydrogen-bond acceptors (Lipinski definition) is 10. The van der Waals surface area contributed by atoms with Crippen LogP contribution in [0, 0.1) is 46.8 Å². The van der Waals surface area contributed by atoms with Crippen LogP contribution in [0.3, 0.4) is 0 Å². The van der Waals surface area contributed by atoms with Gasteiger partial charge in [0.25, 0.3) is 0 Å². The van der Waals surface area contributed by atoms with Crippen molar-refractivity contribution in [3.63, 3.8) is 0 Å². The van der Waals surface area contributed by atoms with Gasteiger partial charge >= 0.3 is 0 Å². The summed E-state index contributed by atoms with van der Waals surface area (Å²) in [6, 6.07) is 17.7. The second-order valence-electron chi connectivity index (χ2n) is 25.8. The number of hydrogen-bond donors (Lipinski definition) is 6. The van der Waals surface area contributed by atoms with Crippen molar-refractivity contribution in [3.8, 4) is 29.1 Å². The number of aryl methyl sites for hydroxylation is 1. The van der Waals surface area contributed by atoms with E-state index in [9.17, 15) is 25.2 Å². The number of carbonyl (C=O) groups is 1. The van der Waals surface area contributed by atoms with E-state index in [2.05, 4.69) is 78.7 Å². The molecule has 1 heterocycles. The molecule has 1 aliphatic heterocycles. The van der Waals surface area contributed by atoms with Gasteiger partial charge in [-0.15, -0.1) is 0 Å². The zero-order valence-corrected chi connectivity index (χ0v) is 46.4. The number of nitrogens with zero attached hydrogens (tertiary/aromatic N) is 1. The molecule has 7 N–H and O–H groups in total. The number of nitrogens with two attached hydrogens (primary N) is 1. The molecular formula is C68H85N3O7. The molecule has 12 rings (SSSR count). The Kier molecular flexibility index (Phi) is 15.0. The van der Waals surface area contributed by atoms with E-state index in [-0.39, 0.29) is 90.3 Å². The van der Waals surface area contributed by atoms with Crippen molar-refractivity contribution in [2.75, 3.05) is 20.3 Å². The average Bonchev–Trinajstić information content (AvgIpc) is 4.26. The molecule has 0 saturated heterocycles. The number of nitrogens with one attached hydrogen (secondary N) is 1. The molecule has 10 heteroatoms. The molecular weight excluding hydrogens is 971 g/mol. The number of aliphatic hydroxyl groups is 2. The number of rotatable bonds is 10. The van der Waals surface area contributed by atoms with Gasteiger partial charge in [0.2, 0.25) is 0 Å². The molecule has 3 spiro atoms. The van der Waals surface area contributed by atoms with E-state index in [4.69, 9.17) is 20.2 Å². The Balaban J connectivity index is 1.07. The second-order valence-corrected chi connectivity index (χ2v) is 25.8. The Hall–Kier alpha value is -5.34. The topological polar surface area (TPSA) is 167 Å².